The van der Waals surface area contributed by atoms with Crippen molar-refractivity contribution in [3.8, 4) is 0 Å². The molecule has 0 amide bonds. The van der Waals surface area contributed by atoms with E-state index in [1.54, 1.807) is 36.4 Å². The summed E-state index contributed by atoms with van der Waals surface area (Å²) in [6.07, 6.45) is 0.981. The molecule has 0 atom stereocenters. The fourth-order valence-corrected chi connectivity index (χ4v) is 2.71. The minimum atomic E-state index is -0.469. The monoisotopic (exact) mass is 342 g/mol. The Bertz CT molecular complexity index is 940. The molecule has 0 aliphatic heterocycles. The molecular weight excluding hydrogens is 328 g/mol. The Morgan fingerprint density at radius 3 is 2.17 bits per heavy atom. The van der Waals surface area contributed by atoms with E-state index in [1.165, 1.54) is 7.11 Å². The lowest BCUT2D eigenvalue weighted by Crippen LogP contribution is -2.05. The number of hydrogen-bond donors (Lipinski definition) is 0. The van der Waals surface area contributed by atoms with Crippen LogP contribution < -0.4 is 0 Å². The summed E-state index contributed by atoms with van der Waals surface area (Å²) in [6, 6.07) is 10.4. The molecule has 0 saturated heterocycles. The van der Waals surface area contributed by atoms with Crippen molar-refractivity contribution in [3.05, 3.63) is 47.5 Å². The van der Waals surface area contributed by atoms with Crippen LogP contribution >= 0.6 is 11.6 Å². The number of aromatic nitrogens is 2. The highest BCUT2D eigenvalue weighted by Crippen LogP contribution is 2.23. The van der Waals surface area contributed by atoms with Crippen molar-refractivity contribution in [2.75, 3.05) is 13.0 Å². The molecule has 0 spiro atoms. The van der Waals surface area contributed by atoms with Crippen LogP contribution in [0, 0.1) is 0 Å². The lowest BCUT2D eigenvalue weighted by Gasteiger charge is -2.08. The van der Waals surface area contributed by atoms with E-state index in [4.69, 9.17) is 16.3 Å². The molecule has 0 radical (unpaired) electrons. The first-order valence-electron chi connectivity index (χ1n) is 7.52. The van der Waals surface area contributed by atoms with Crippen molar-refractivity contribution in [1.29, 1.82) is 0 Å². The highest BCUT2D eigenvalue weighted by Gasteiger charge is 2.16. The Morgan fingerprint density at radius 1 is 1.00 bits per heavy atom. The second-order valence-corrected chi connectivity index (χ2v) is 5.66. The number of Topliss-reactive ketones (excluding diaryl/α,β-unsaturated/α-hetero) is 1. The fraction of sp³-hybridized carbons (Fsp3) is 0.222. The fourth-order valence-electron chi connectivity index (χ4n) is 2.58. The number of carbonyl (C=O) groups excluding carboxylic acids is 2. The summed E-state index contributed by atoms with van der Waals surface area (Å²) in [5.41, 5.74) is 2.98. The van der Waals surface area contributed by atoms with Gasteiger partial charge in [-0.3, -0.25) is 4.79 Å². The molecule has 0 aliphatic rings. The number of nitrogens with zero attached hydrogens (tertiary/aromatic N) is 2. The van der Waals surface area contributed by atoms with Gasteiger partial charge in [-0.2, -0.15) is 0 Å². The Kier molecular flexibility index (Phi) is 4.71. The number of para-hydroxylation sites is 2. The first kappa shape index (κ1) is 16.3. The maximum atomic E-state index is 12.4. The summed E-state index contributed by atoms with van der Waals surface area (Å²) in [7, 11) is 1.32. The number of halogens is 1. The molecule has 0 fully saturated rings. The van der Waals surface area contributed by atoms with Crippen molar-refractivity contribution < 1.29 is 14.3 Å². The zero-order chi connectivity index (χ0) is 17.1. The van der Waals surface area contributed by atoms with Crippen LogP contribution in [0.1, 0.15) is 33.6 Å². The zero-order valence-electron chi connectivity index (χ0n) is 13.1. The molecular formula is C18H15ClN2O3. The van der Waals surface area contributed by atoms with Crippen molar-refractivity contribution in [2.24, 2.45) is 0 Å². The second-order valence-electron chi connectivity index (χ2n) is 5.28. The Morgan fingerprint density at radius 2 is 1.58 bits per heavy atom. The lowest BCUT2D eigenvalue weighted by atomic mass is 10.0. The predicted octanol–water partition coefficient (Wildman–Crippen LogP) is 3.77. The first-order chi connectivity index (χ1) is 11.7. The van der Waals surface area contributed by atoms with Crippen LogP contribution in [0.2, 0.25) is 0 Å². The average Bonchev–Trinajstić information content (AvgIpc) is 2.62. The van der Waals surface area contributed by atoms with Gasteiger partial charge in [-0.15, -0.1) is 11.6 Å². The van der Waals surface area contributed by atoms with Crippen molar-refractivity contribution >= 4 is 45.4 Å². The maximum Gasteiger partial charge on any atom is 0.340 e. The van der Waals surface area contributed by atoms with Crippen LogP contribution in [0.15, 0.2) is 36.4 Å². The van der Waals surface area contributed by atoms with Crippen LogP contribution in [0.25, 0.3) is 22.1 Å². The van der Waals surface area contributed by atoms with E-state index < -0.39 is 5.97 Å². The smallest absolute Gasteiger partial charge is 0.340 e. The van der Waals surface area contributed by atoms with Crippen LogP contribution in [0.4, 0.5) is 0 Å². The minimum absolute atomic E-state index is 0.0148. The average molecular weight is 343 g/mol. The van der Waals surface area contributed by atoms with Crippen LogP contribution in [0.5, 0.6) is 0 Å². The van der Waals surface area contributed by atoms with Crippen molar-refractivity contribution in [1.82, 2.24) is 9.97 Å². The number of ether oxygens (including phenoxy) is 1. The van der Waals surface area contributed by atoms with Crippen LogP contribution in [0.3, 0.4) is 0 Å². The molecule has 6 heteroatoms. The standard InChI is InChI=1S/C18H15ClN2O3/c1-24-18(23)12-6-3-8-14-17(12)21-13-7-2-5-11(16(13)20-14)15(22)9-4-10-19/h2-3,5-8H,4,9-10H2,1H3. The number of fused-ring (bicyclic) bond motifs is 2. The first-order valence-corrected chi connectivity index (χ1v) is 8.06. The predicted molar refractivity (Wildman–Crippen MR) is 92.7 cm³/mol. The molecule has 1 heterocycles. The largest absolute Gasteiger partial charge is 0.465 e. The Hall–Kier alpha value is -2.53. The van der Waals surface area contributed by atoms with E-state index in [0.717, 1.165) is 0 Å². The molecule has 0 bridgehead atoms. The summed E-state index contributed by atoms with van der Waals surface area (Å²) >= 11 is 5.67. The number of ketones is 1. The quantitative estimate of drug-likeness (QED) is 0.305. The third-order valence-corrected chi connectivity index (χ3v) is 4.00. The van der Waals surface area contributed by atoms with E-state index in [1.807, 2.05) is 0 Å². The molecule has 0 unspecified atom stereocenters. The van der Waals surface area contributed by atoms with Gasteiger partial charge in [0.15, 0.2) is 5.78 Å². The molecule has 0 saturated carbocycles. The zero-order valence-corrected chi connectivity index (χ0v) is 13.8. The highest BCUT2D eigenvalue weighted by atomic mass is 35.5. The van der Waals surface area contributed by atoms with Gasteiger partial charge >= 0.3 is 5.97 Å². The number of esters is 1. The van der Waals surface area contributed by atoms with Crippen molar-refractivity contribution in [3.63, 3.8) is 0 Å². The maximum absolute atomic E-state index is 12.4. The molecule has 2 aromatic carbocycles. The second kappa shape index (κ2) is 6.93. The number of methoxy groups -OCH3 is 1. The third-order valence-electron chi connectivity index (χ3n) is 3.74. The molecule has 1 aromatic heterocycles. The van der Waals surface area contributed by atoms with E-state index in [9.17, 15) is 9.59 Å². The molecule has 3 aromatic rings. The molecule has 3 rings (SSSR count). The third kappa shape index (κ3) is 2.95. The number of hydrogen-bond acceptors (Lipinski definition) is 5. The Labute approximate surface area is 143 Å². The molecule has 0 aliphatic carbocycles. The van der Waals surface area contributed by atoms with Gasteiger partial charge in [0, 0.05) is 17.9 Å². The van der Waals surface area contributed by atoms with Gasteiger partial charge in [-0.25, -0.2) is 14.8 Å². The summed E-state index contributed by atoms with van der Waals surface area (Å²) in [5, 5.41) is 0. The number of alkyl halides is 1. The van der Waals surface area contributed by atoms with E-state index >= 15 is 0 Å². The number of rotatable bonds is 5. The van der Waals surface area contributed by atoms with Gasteiger partial charge in [0.1, 0.15) is 11.0 Å². The highest BCUT2D eigenvalue weighted by molar-refractivity contribution is 6.18. The molecule has 24 heavy (non-hydrogen) atoms. The SMILES string of the molecule is COC(=O)c1cccc2nc3c(C(=O)CCCCl)cccc3nc12. The minimum Gasteiger partial charge on any atom is -0.465 e. The molecule has 5 nitrogen and oxygen atoms in total. The lowest BCUT2D eigenvalue weighted by molar-refractivity contribution is 0.0602. The molecule has 0 N–H and O–H groups in total. The Balaban J connectivity index is 2.21. The summed E-state index contributed by atoms with van der Waals surface area (Å²) in [6.45, 7) is 0. The molecule has 122 valence electrons. The number of carbonyl (C=O) groups is 2. The number of benzene rings is 2. The summed E-state index contributed by atoms with van der Waals surface area (Å²) in [5.74, 6) is -0.0456. The van der Waals surface area contributed by atoms with Gasteiger partial charge in [-0.1, -0.05) is 12.1 Å². The van der Waals surface area contributed by atoms with Gasteiger partial charge in [-0.05, 0) is 30.7 Å². The van der Waals surface area contributed by atoms with Crippen LogP contribution in [-0.4, -0.2) is 34.7 Å². The van der Waals surface area contributed by atoms with Gasteiger partial charge in [0.05, 0.1) is 23.7 Å². The van der Waals surface area contributed by atoms with Gasteiger partial charge < -0.3 is 4.74 Å². The van der Waals surface area contributed by atoms with Gasteiger partial charge in [0.25, 0.3) is 0 Å². The normalized spacial score (nSPS) is 10.9. The van der Waals surface area contributed by atoms with Crippen molar-refractivity contribution in [2.45, 2.75) is 12.8 Å². The van der Waals surface area contributed by atoms with E-state index in [0.29, 0.717) is 51.9 Å². The van der Waals surface area contributed by atoms with Gasteiger partial charge in [0.2, 0.25) is 0 Å². The topological polar surface area (TPSA) is 69.2 Å². The van der Waals surface area contributed by atoms with E-state index in [2.05, 4.69) is 9.97 Å². The summed E-state index contributed by atoms with van der Waals surface area (Å²) < 4.78 is 4.79. The van der Waals surface area contributed by atoms with Crippen LogP contribution in [-0.2, 0) is 4.74 Å². The van der Waals surface area contributed by atoms with E-state index in [-0.39, 0.29) is 5.78 Å². The summed E-state index contributed by atoms with van der Waals surface area (Å²) in [4.78, 5) is 33.4.